The summed E-state index contributed by atoms with van der Waals surface area (Å²) in [6, 6.07) is 14.6. The van der Waals surface area contributed by atoms with Crippen LogP contribution in [0.2, 0.25) is 0 Å². The highest BCUT2D eigenvalue weighted by molar-refractivity contribution is 5.90. The fourth-order valence-electron chi connectivity index (χ4n) is 6.95. The number of hydrogen-bond acceptors (Lipinski definition) is 3. The molecule has 4 fully saturated rings. The van der Waals surface area contributed by atoms with Crippen molar-refractivity contribution in [1.29, 1.82) is 0 Å². The number of fused-ring (bicyclic) bond motifs is 1. The van der Waals surface area contributed by atoms with Gasteiger partial charge in [-0.25, -0.2) is 0 Å². The van der Waals surface area contributed by atoms with Gasteiger partial charge in [0.25, 0.3) is 0 Å². The smallest absolute Gasteiger partial charge is 0.231 e. The maximum absolute atomic E-state index is 12.5. The number of amides is 1. The molecule has 4 aliphatic carbocycles. The lowest BCUT2D eigenvalue weighted by Crippen LogP contribution is -2.48. The first-order valence-electron chi connectivity index (χ1n) is 11.4. The van der Waals surface area contributed by atoms with Crippen molar-refractivity contribution < 1.29 is 14.3 Å². The Hall–Kier alpha value is -2.49. The zero-order chi connectivity index (χ0) is 20.1. The summed E-state index contributed by atoms with van der Waals surface area (Å²) >= 11 is 0. The molecule has 1 heterocycles. The first-order chi connectivity index (χ1) is 14.6. The third-order valence-corrected chi connectivity index (χ3v) is 7.90. The average Bonchev–Trinajstić information content (AvgIpc) is 3.20. The van der Waals surface area contributed by atoms with Crippen LogP contribution in [0.25, 0.3) is 0 Å². The molecule has 156 valence electrons. The van der Waals surface area contributed by atoms with Gasteiger partial charge in [0, 0.05) is 12.1 Å². The van der Waals surface area contributed by atoms with Gasteiger partial charge in [-0.2, -0.15) is 0 Å². The molecular formula is C26H29NO3. The molecule has 4 bridgehead atoms. The minimum atomic E-state index is 0.0511. The average molecular weight is 404 g/mol. The van der Waals surface area contributed by atoms with E-state index in [1.165, 1.54) is 44.1 Å². The molecule has 4 saturated carbocycles. The summed E-state index contributed by atoms with van der Waals surface area (Å²) in [7, 11) is 0. The van der Waals surface area contributed by atoms with E-state index >= 15 is 0 Å². The Bertz CT molecular complexity index is 929. The number of hydrogen-bond donors (Lipinski definition) is 1. The molecule has 0 aromatic heterocycles. The molecule has 1 aliphatic heterocycles. The van der Waals surface area contributed by atoms with Crippen molar-refractivity contribution >= 4 is 11.6 Å². The van der Waals surface area contributed by atoms with Gasteiger partial charge < -0.3 is 14.8 Å². The lowest BCUT2D eigenvalue weighted by atomic mass is 9.48. The Morgan fingerprint density at radius 1 is 0.900 bits per heavy atom. The third kappa shape index (κ3) is 3.27. The van der Waals surface area contributed by atoms with Crippen LogP contribution < -0.4 is 14.8 Å². The van der Waals surface area contributed by atoms with E-state index in [9.17, 15) is 4.79 Å². The van der Waals surface area contributed by atoms with Crippen LogP contribution in [-0.4, -0.2) is 12.7 Å². The van der Waals surface area contributed by atoms with E-state index in [1.807, 2.05) is 18.2 Å². The highest BCUT2D eigenvalue weighted by Gasteiger charge is 2.51. The zero-order valence-corrected chi connectivity index (χ0v) is 17.4. The van der Waals surface area contributed by atoms with Gasteiger partial charge in [0.15, 0.2) is 11.5 Å². The molecule has 0 saturated heterocycles. The van der Waals surface area contributed by atoms with Crippen LogP contribution in [0.15, 0.2) is 42.5 Å². The van der Waals surface area contributed by atoms with Gasteiger partial charge in [-0.15, -0.1) is 0 Å². The molecule has 5 aliphatic rings. The number of benzene rings is 2. The van der Waals surface area contributed by atoms with E-state index in [0.717, 1.165) is 40.5 Å². The van der Waals surface area contributed by atoms with Gasteiger partial charge in [0.2, 0.25) is 12.7 Å². The quantitative estimate of drug-likeness (QED) is 0.722. The Morgan fingerprint density at radius 3 is 2.27 bits per heavy atom. The van der Waals surface area contributed by atoms with Crippen molar-refractivity contribution in [3.05, 3.63) is 53.6 Å². The van der Waals surface area contributed by atoms with Gasteiger partial charge in [-0.1, -0.05) is 18.2 Å². The maximum atomic E-state index is 12.5. The van der Waals surface area contributed by atoms with Gasteiger partial charge in [0.1, 0.15) is 0 Å². The van der Waals surface area contributed by atoms with Crippen LogP contribution in [0.3, 0.4) is 0 Å². The van der Waals surface area contributed by atoms with Crippen LogP contribution in [0.5, 0.6) is 11.5 Å². The fraction of sp³-hybridized carbons (Fsp3) is 0.500. The van der Waals surface area contributed by atoms with Crippen molar-refractivity contribution in [2.24, 2.45) is 17.8 Å². The van der Waals surface area contributed by atoms with Crippen molar-refractivity contribution in [2.45, 2.75) is 56.8 Å². The van der Waals surface area contributed by atoms with E-state index in [-0.39, 0.29) is 12.7 Å². The Labute approximate surface area is 178 Å². The molecule has 7 rings (SSSR count). The molecule has 4 heteroatoms. The minimum absolute atomic E-state index is 0.0511. The van der Waals surface area contributed by atoms with E-state index in [1.54, 1.807) is 0 Å². The largest absolute Gasteiger partial charge is 0.454 e. The minimum Gasteiger partial charge on any atom is -0.454 e. The fourth-order valence-corrected chi connectivity index (χ4v) is 6.95. The number of aryl methyl sites for hydroxylation is 1. The van der Waals surface area contributed by atoms with Crippen molar-refractivity contribution in [3.8, 4) is 11.5 Å². The van der Waals surface area contributed by atoms with Crippen LogP contribution in [-0.2, 0) is 16.6 Å². The Kier molecular flexibility index (Phi) is 4.29. The summed E-state index contributed by atoms with van der Waals surface area (Å²) in [5, 5.41) is 3.07. The summed E-state index contributed by atoms with van der Waals surface area (Å²) in [5.41, 5.74) is 3.90. The number of carbonyl (C=O) groups is 1. The van der Waals surface area contributed by atoms with Gasteiger partial charge >= 0.3 is 0 Å². The number of rotatable bonds is 5. The number of carbonyl (C=O) groups excluding carboxylic acids is 1. The summed E-state index contributed by atoms with van der Waals surface area (Å²) in [4.78, 5) is 12.5. The first kappa shape index (κ1) is 18.3. The molecular weight excluding hydrogens is 374 g/mol. The lowest BCUT2D eigenvalue weighted by molar-refractivity contribution is -0.116. The second-order valence-electron chi connectivity index (χ2n) is 10.0. The molecule has 2 aromatic rings. The van der Waals surface area contributed by atoms with Crippen molar-refractivity contribution in [1.82, 2.24) is 0 Å². The van der Waals surface area contributed by atoms with Gasteiger partial charge in [-0.05, 0) is 104 Å². The van der Waals surface area contributed by atoms with E-state index in [2.05, 4.69) is 29.6 Å². The normalized spacial score (nSPS) is 30.5. The molecule has 30 heavy (non-hydrogen) atoms. The second-order valence-corrected chi connectivity index (χ2v) is 10.0. The first-order valence-corrected chi connectivity index (χ1v) is 11.4. The third-order valence-electron chi connectivity index (χ3n) is 7.90. The molecule has 1 amide bonds. The highest BCUT2D eigenvalue weighted by Crippen LogP contribution is 2.60. The number of ether oxygens (including phenoxy) is 2. The Balaban J connectivity index is 1.08. The lowest BCUT2D eigenvalue weighted by Gasteiger charge is -2.57. The van der Waals surface area contributed by atoms with Crippen molar-refractivity contribution in [3.63, 3.8) is 0 Å². The second kappa shape index (κ2) is 7.04. The molecule has 2 aromatic carbocycles. The number of nitrogens with one attached hydrogen (secondary N) is 1. The SMILES string of the molecule is O=C(CCc1ccc2c(c1)OCO2)Nc1ccc(C23CC4CC(CC(C4)C2)C3)cc1. The molecule has 1 N–H and O–H groups in total. The van der Waals surface area contributed by atoms with Crippen LogP contribution in [0, 0.1) is 17.8 Å². The maximum Gasteiger partial charge on any atom is 0.231 e. The molecule has 0 spiro atoms. The standard InChI is InChI=1S/C26H29NO3/c28-25(8-2-17-1-7-23-24(12-17)30-16-29-23)27-22-5-3-21(4-6-22)26-13-18-9-19(14-26)11-20(10-18)15-26/h1,3-7,12,18-20H,2,8-11,13-16H2,(H,27,28). The van der Waals surface area contributed by atoms with Crippen LogP contribution >= 0.6 is 0 Å². The van der Waals surface area contributed by atoms with Gasteiger partial charge in [0.05, 0.1) is 0 Å². The number of anilines is 1. The predicted octanol–water partition coefficient (Wildman–Crippen LogP) is 5.45. The summed E-state index contributed by atoms with van der Waals surface area (Å²) in [6.45, 7) is 0.276. The predicted molar refractivity (Wildman–Crippen MR) is 116 cm³/mol. The highest BCUT2D eigenvalue weighted by atomic mass is 16.7. The summed E-state index contributed by atoms with van der Waals surface area (Å²) in [5.74, 6) is 4.45. The Morgan fingerprint density at radius 2 is 1.57 bits per heavy atom. The van der Waals surface area contributed by atoms with Crippen molar-refractivity contribution in [2.75, 3.05) is 12.1 Å². The molecule has 0 radical (unpaired) electrons. The molecule has 4 nitrogen and oxygen atoms in total. The van der Waals surface area contributed by atoms with E-state index in [0.29, 0.717) is 18.3 Å². The topological polar surface area (TPSA) is 47.6 Å². The monoisotopic (exact) mass is 403 g/mol. The van der Waals surface area contributed by atoms with Crippen LogP contribution in [0.1, 0.15) is 56.1 Å². The van der Waals surface area contributed by atoms with Gasteiger partial charge in [-0.3, -0.25) is 4.79 Å². The van der Waals surface area contributed by atoms with E-state index in [4.69, 9.17) is 9.47 Å². The van der Waals surface area contributed by atoms with Crippen LogP contribution in [0.4, 0.5) is 5.69 Å². The zero-order valence-electron chi connectivity index (χ0n) is 17.4. The van der Waals surface area contributed by atoms with E-state index < -0.39 is 0 Å². The summed E-state index contributed by atoms with van der Waals surface area (Å²) in [6.07, 6.45) is 9.68. The molecule has 0 atom stereocenters. The summed E-state index contributed by atoms with van der Waals surface area (Å²) < 4.78 is 10.8. The molecule has 0 unspecified atom stereocenters.